The number of para-hydroxylation sites is 1. The van der Waals surface area contributed by atoms with Crippen molar-refractivity contribution in [3.8, 4) is 11.5 Å². The van der Waals surface area contributed by atoms with Gasteiger partial charge in [-0.25, -0.2) is 4.79 Å². The second kappa shape index (κ2) is 6.38. The molecular formula is C15H13BrO3. The fourth-order valence-corrected chi connectivity index (χ4v) is 1.83. The van der Waals surface area contributed by atoms with Gasteiger partial charge in [0.1, 0.15) is 17.1 Å². The predicted octanol–water partition coefficient (Wildman–Crippen LogP) is 4.42. The summed E-state index contributed by atoms with van der Waals surface area (Å²) in [6.45, 7) is 2.11. The molecule has 0 aromatic heterocycles. The van der Waals surface area contributed by atoms with Crippen molar-refractivity contribution in [2.45, 2.75) is 6.92 Å². The number of hydrogen-bond donors (Lipinski definition) is 0. The van der Waals surface area contributed by atoms with Gasteiger partial charge in [-0.2, -0.15) is 0 Å². The molecule has 2 aromatic rings. The molecule has 0 atom stereocenters. The molecule has 0 aliphatic heterocycles. The van der Waals surface area contributed by atoms with Crippen molar-refractivity contribution in [3.63, 3.8) is 0 Å². The van der Waals surface area contributed by atoms with Gasteiger partial charge in [0.15, 0.2) is 0 Å². The Balaban J connectivity index is 2.24. The summed E-state index contributed by atoms with van der Waals surface area (Å²) in [4.78, 5) is 11.8. The van der Waals surface area contributed by atoms with Gasteiger partial charge in [0.05, 0.1) is 6.61 Å². The first kappa shape index (κ1) is 13.6. The van der Waals surface area contributed by atoms with Crippen LogP contribution in [-0.4, -0.2) is 12.6 Å². The van der Waals surface area contributed by atoms with Crippen LogP contribution < -0.4 is 4.74 Å². The minimum atomic E-state index is -0.379. The summed E-state index contributed by atoms with van der Waals surface area (Å²) in [5.41, 5.74) is 0.423. The molecule has 2 aromatic carbocycles. The van der Waals surface area contributed by atoms with Gasteiger partial charge in [-0.15, -0.1) is 0 Å². The molecule has 0 radical (unpaired) electrons. The first-order valence-corrected chi connectivity index (χ1v) is 6.69. The molecule has 0 fully saturated rings. The van der Waals surface area contributed by atoms with Gasteiger partial charge < -0.3 is 9.47 Å². The second-order valence-electron chi connectivity index (χ2n) is 3.77. The lowest BCUT2D eigenvalue weighted by Crippen LogP contribution is -2.06. The molecule has 0 N–H and O–H groups in total. The summed E-state index contributed by atoms with van der Waals surface area (Å²) in [5.74, 6) is 0.776. The highest BCUT2D eigenvalue weighted by Crippen LogP contribution is 2.26. The third-order valence-corrected chi connectivity index (χ3v) is 2.95. The minimum absolute atomic E-state index is 0.339. The van der Waals surface area contributed by atoms with Crippen molar-refractivity contribution in [1.29, 1.82) is 0 Å². The third kappa shape index (κ3) is 3.58. The van der Waals surface area contributed by atoms with E-state index in [2.05, 4.69) is 15.9 Å². The van der Waals surface area contributed by atoms with Crippen LogP contribution in [0.2, 0.25) is 0 Å². The summed E-state index contributed by atoms with van der Waals surface area (Å²) in [5, 5.41) is 0. The van der Waals surface area contributed by atoms with Crippen LogP contribution in [0.15, 0.2) is 53.0 Å². The van der Waals surface area contributed by atoms with Gasteiger partial charge in [0.25, 0.3) is 0 Å². The van der Waals surface area contributed by atoms with Gasteiger partial charge in [0, 0.05) is 4.47 Å². The maximum absolute atomic E-state index is 11.8. The molecule has 0 saturated carbocycles. The summed E-state index contributed by atoms with van der Waals surface area (Å²) < 4.78 is 11.7. The van der Waals surface area contributed by atoms with E-state index in [4.69, 9.17) is 9.47 Å². The number of halogens is 1. The quantitative estimate of drug-likeness (QED) is 0.782. The van der Waals surface area contributed by atoms with Crippen LogP contribution in [0.1, 0.15) is 17.3 Å². The van der Waals surface area contributed by atoms with Gasteiger partial charge in [0.2, 0.25) is 0 Å². The molecule has 2 rings (SSSR count). The maximum atomic E-state index is 11.8. The molecule has 0 amide bonds. The molecule has 0 spiro atoms. The Bertz CT molecular complexity index is 564. The standard InChI is InChI=1S/C15H13BrO3/c1-2-18-15(17)13-5-3-4-6-14(13)19-12-9-7-11(16)8-10-12/h3-10H,2H2,1H3. The summed E-state index contributed by atoms with van der Waals surface area (Å²) in [7, 11) is 0. The van der Waals surface area contributed by atoms with E-state index in [1.165, 1.54) is 0 Å². The van der Waals surface area contributed by atoms with Gasteiger partial charge in [-0.05, 0) is 43.3 Å². The second-order valence-corrected chi connectivity index (χ2v) is 4.69. The number of carbonyl (C=O) groups excluding carboxylic acids is 1. The summed E-state index contributed by atoms with van der Waals surface area (Å²) >= 11 is 3.36. The Morgan fingerprint density at radius 2 is 1.79 bits per heavy atom. The van der Waals surface area contributed by atoms with E-state index in [9.17, 15) is 4.79 Å². The van der Waals surface area contributed by atoms with Crippen molar-refractivity contribution in [2.24, 2.45) is 0 Å². The van der Waals surface area contributed by atoms with Gasteiger partial charge in [-0.1, -0.05) is 28.1 Å². The van der Waals surface area contributed by atoms with E-state index in [1.54, 1.807) is 25.1 Å². The number of hydrogen-bond acceptors (Lipinski definition) is 3. The number of esters is 1. The van der Waals surface area contributed by atoms with Crippen LogP contribution in [0.5, 0.6) is 11.5 Å². The zero-order chi connectivity index (χ0) is 13.7. The molecule has 98 valence electrons. The monoisotopic (exact) mass is 320 g/mol. The Kier molecular flexibility index (Phi) is 4.58. The summed E-state index contributed by atoms with van der Waals surface area (Å²) in [6, 6.07) is 14.4. The van der Waals surface area contributed by atoms with E-state index >= 15 is 0 Å². The number of benzene rings is 2. The topological polar surface area (TPSA) is 35.5 Å². The average Bonchev–Trinajstić information content (AvgIpc) is 2.42. The number of rotatable bonds is 4. The zero-order valence-corrected chi connectivity index (χ0v) is 12.0. The normalized spacial score (nSPS) is 10.0. The Labute approximate surface area is 120 Å². The first-order valence-electron chi connectivity index (χ1n) is 5.90. The first-order chi connectivity index (χ1) is 9.20. The lowest BCUT2D eigenvalue weighted by atomic mass is 10.2. The fraction of sp³-hybridized carbons (Fsp3) is 0.133. The molecule has 3 nitrogen and oxygen atoms in total. The van der Waals surface area contributed by atoms with Crippen LogP contribution in [0.3, 0.4) is 0 Å². The molecule has 0 aliphatic carbocycles. The lowest BCUT2D eigenvalue weighted by molar-refractivity contribution is 0.0523. The van der Waals surface area contributed by atoms with Crippen molar-refractivity contribution in [1.82, 2.24) is 0 Å². The zero-order valence-electron chi connectivity index (χ0n) is 10.4. The van der Waals surface area contributed by atoms with Crippen molar-refractivity contribution in [2.75, 3.05) is 6.61 Å². The van der Waals surface area contributed by atoms with E-state index in [1.807, 2.05) is 30.3 Å². The SMILES string of the molecule is CCOC(=O)c1ccccc1Oc1ccc(Br)cc1. The molecule has 4 heteroatoms. The van der Waals surface area contributed by atoms with Crippen LogP contribution in [-0.2, 0) is 4.74 Å². The number of carbonyl (C=O) groups is 1. The van der Waals surface area contributed by atoms with Crippen LogP contribution in [0.25, 0.3) is 0 Å². The van der Waals surface area contributed by atoms with E-state index in [-0.39, 0.29) is 5.97 Å². The molecule has 0 aliphatic rings. The third-order valence-electron chi connectivity index (χ3n) is 2.42. The maximum Gasteiger partial charge on any atom is 0.341 e. The van der Waals surface area contributed by atoms with Gasteiger partial charge >= 0.3 is 5.97 Å². The van der Waals surface area contributed by atoms with E-state index in [0.29, 0.717) is 23.7 Å². The van der Waals surface area contributed by atoms with Crippen LogP contribution >= 0.6 is 15.9 Å². The average molecular weight is 321 g/mol. The Morgan fingerprint density at radius 3 is 2.47 bits per heavy atom. The summed E-state index contributed by atoms with van der Waals surface area (Å²) in [6.07, 6.45) is 0. The van der Waals surface area contributed by atoms with Crippen LogP contribution in [0.4, 0.5) is 0 Å². The van der Waals surface area contributed by atoms with Gasteiger partial charge in [-0.3, -0.25) is 0 Å². The lowest BCUT2D eigenvalue weighted by Gasteiger charge is -2.10. The molecule has 0 bridgehead atoms. The van der Waals surface area contributed by atoms with Crippen LogP contribution in [0, 0.1) is 0 Å². The van der Waals surface area contributed by atoms with Crippen molar-refractivity contribution >= 4 is 21.9 Å². The Morgan fingerprint density at radius 1 is 1.11 bits per heavy atom. The molecule has 0 unspecified atom stereocenters. The predicted molar refractivity (Wildman–Crippen MR) is 76.6 cm³/mol. The highest BCUT2D eigenvalue weighted by atomic mass is 79.9. The van der Waals surface area contributed by atoms with Crippen molar-refractivity contribution < 1.29 is 14.3 Å². The largest absolute Gasteiger partial charge is 0.462 e. The van der Waals surface area contributed by atoms with Crippen molar-refractivity contribution in [3.05, 3.63) is 58.6 Å². The molecule has 0 heterocycles. The molecule has 0 saturated heterocycles. The Hall–Kier alpha value is -1.81. The molecular weight excluding hydrogens is 308 g/mol. The minimum Gasteiger partial charge on any atom is -0.462 e. The van der Waals surface area contributed by atoms with E-state index < -0.39 is 0 Å². The number of ether oxygens (including phenoxy) is 2. The van der Waals surface area contributed by atoms with E-state index in [0.717, 1.165) is 4.47 Å². The highest BCUT2D eigenvalue weighted by Gasteiger charge is 2.13. The molecule has 19 heavy (non-hydrogen) atoms. The fourth-order valence-electron chi connectivity index (χ4n) is 1.56. The smallest absolute Gasteiger partial charge is 0.341 e. The highest BCUT2D eigenvalue weighted by molar-refractivity contribution is 9.10.